The molecule has 0 spiro atoms. The number of ether oxygens (including phenoxy) is 2. The topological polar surface area (TPSA) is 139 Å². The third kappa shape index (κ3) is 3.79. The average Bonchev–Trinajstić information content (AvgIpc) is 3.11. The van der Waals surface area contributed by atoms with Gasteiger partial charge in [0, 0.05) is 18.6 Å². The van der Waals surface area contributed by atoms with E-state index >= 15 is 0 Å². The zero-order valence-corrected chi connectivity index (χ0v) is 16.7. The van der Waals surface area contributed by atoms with Gasteiger partial charge in [-0.1, -0.05) is 12.1 Å². The summed E-state index contributed by atoms with van der Waals surface area (Å²) in [6, 6.07) is 5.40. The molecule has 1 aromatic carbocycles. The number of non-ortho nitro benzene ring substituents is 1. The van der Waals surface area contributed by atoms with Gasteiger partial charge in [-0.15, -0.1) is 0 Å². The number of nitro benzene ring substituents is 1. The van der Waals surface area contributed by atoms with E-state index in [1.807, 2.05) is 0 Å². The number of allylic oxidation sites excluding steroid dienone is 2. The van der Waals surface area contributed by atoms with Crippen molar-refractivity contribution in [2.45, 2.75) is 38.7 Å². The number of nitrogens with zero attached hydrogens (tertiary/aromatic N) is 2. The maximum atomic E-state index is 13.2. The van der Waals surface area contributed by atoms with Crippen molar-refractivity contribution in [2.75, 3.05) is 13.2 Å². The molecule has 10 heteroatoms. The lowest BCUT2D eigenvalue weighted by atomic mass is 9.80. The molecule has 2 N–H and O–H groups in total. The van der Waals surface area contributed by atoms with Gasteiger partial charge < -0.3 is 14.6 Å². The summed E-state index contributed by atoms with van der Waals surface area (Å²) in [5.74, 6) is -3.34. The fraction of sp³-hybridized carbons (Fsp3) is 0.400. The van der Waals surface area contributed by atoms with Crippen LogP contribution in [0.4, 0.5) is 5.69 Å². The second kappa shape index (κ2) is 7.88. The number of benzene rings is 1. The third-order valence-corrected chi connectivity index (χ3v) is 5.38. The first-order chi connectivity index (χ1) is 14.1. The Morgan fingerprint density at radius 1 is 1.30 bits per heavy atom. The standard InChI is InChI=1S/C20H22N2O8/c1-11-15(18(23)24)17(13-5-4-6-14(9-13)22(27)28)16(12(2)21(11)26)19(25)30-20(3)7-8-29-10-20/h4-6,9,17,26H,7-8,10H2,1-3H3,(H,23,24). The summed E-state index contributed by atoms with van der Waals surface area (Å²) in [4.78, 5) is 35.9. The van der Waals surface area contributed by atoms with E-state index in [1.165, 1.54) is 38.1 Å². The van der Waals surface area contributed by atoms with Gasteiger partial charge in [0.25, 0.3) is 5.69 Å². The van der Waals surface area contributed by atoms with Crippen LogP contribution in [-0.2, 0) is 19.1 Å². The molecule has 0 radical (unpaired) electrons. The number of aliphatic carboxylic acids is 1. The number of carboxylic acids is 1. The number of nitro groups is 1. The Hall–Kier alpha value is -3.24. The Kier molecular flexibility index (Phi) is 5.64. The number of hydrogen-bond acceptors (Lipinski definition) is 8. The molecule has 0 bridgehead atoms. The highest BCUT2D eigenvalue weighted by molar-refractivity contribution is 5.99. The largest absolute Gasteiger partial charge is 0.478 e. The van der Waals surface area contributed by atoms with E-state index in [2.05, 4.69) is 0 Å². The fourth-order valence-corrected chi connectivity index (χ4v) is 3.74. The highest BCUT2D eigenvalue weighted by atomic mass is 16.6. The number of hydroxylamine groups is 2. The number of hydrogen-bond donors (Lipinski definition) is 2. The van der Waals surface area contributed by atoms with Gasteiger partial charge in [-0.05, 0) is 26.3 Å². The number of carboxylic acid groups (broad SMARTS) is 1. The lowest BCUT2D eigenvalue weighted by Crippen LogP contribution is -2.37. The molecular formula is C20H22N2O8. The molecule has 1 aromatic rings. The van der Waals surface area contributed by atoms with Crippen LogP contribution < -0.4 is 0 Å². The molecule has 2 aliphatic rings. The molecule has 3 rings (SSSR count). The van der Waals surface area contributed by atoms with E-state index in [-0.39, 0.29) is 40.4 Å². The van der Waals surface area contributed by atoms with E-state index in [0.717, 1.165) is 0 Å². The Balaban J connectivity index is 2.15. The maximum absolute atomic E-state index is 13.2. The minimum atomic E-state index is -1.36. The summed E-state index contributed by atoms with van der Waals surface area (Å²) in [5, 5.41) is 32.1. The number of rotatable bonds is 5. The SMILES string of the molecule is CC1=C(C(=O)O)C(c2cccc([N+](=O)[O-])c2)C(C(=O)OC2(C)CCOC2)=C(C)N1O. The van der Waals surface area contributed by atoms with Gasteiger partial charge in [-0.25, -0.2) is 14.7 Å². The molecule has 0 saturated carbocycles. The van der Waals surface area contributed by atoms with E-state index in [1.54, 1.807) is 6.92 Å². The van der Waals surface area contributed by atoms with Crippen LogP contribution in [0.15, 0.2) is 46.8 Å². The van der Waals surface area contributed by atoms with Crippen molar-refractivity contribution in [1.82, 2.24) is 5.06 Å². The molecule has 2 heterocycles. The third-order valence-electron chi connectivity index (χ3n) is 5.38. The van der Waals surface area contributed by atoms with Crippen LogP contribution in [0.5, 0.6) is 0 Å². The lowest BCUT2D eigenvalue weighted by molar-refractivity contribution is -0.384. The van der Waals surface area contributed by atoms with Crippen LogP contribution in [0.3, 0.4) is 0 Å². The van der Waals surface area contributed by atoms with Gasteiger partial charge in [0.1, 0.15) is 5.60 Å². The predicted molar refractivity (Wildman–Crippen MR) is 102 cm³/mol. The molecule has 160 valence electrons. The van der Waals surface area contributed by atoms with Crippen molar-refractivity contribution in [2.24, 2.45) is 0 Å². The molecule has 0 aliphatic carbocycles. The van der Waals surface area contributed by atoms with Crippen LogP contribution >= 0.6 is 0 Å². The van der Waals surface area contributed by atoms with Gasteiger partial charge in [0.05, 0.1) is 46.6 Å². The molecule has 2 unspecified atom stereocenters. The first kappa shape index (κ1) is 21.5. The van der Waals surface area contributed by atoms with Crippen molar-refractivity contribution in [3.63, 3.8) is 0 Å². The summed E-state index contributed by atoms with van der Waals surface area (Å²) in [6.45, 7) is 5.16. The molecule has 0 aromatic heterocycles. The zero-order chi connectivity index (χ0) is 22.2. The Morgan fingerprint density at radius 3 is 2.53 bits per heavy atom. The summed E-state index contributed by atoms with van der Waals surface area (Å²) < 4.78 is 10.9. The van der Waals surface area contributed by atoms with Gasteiger partial charge in [-0.2, -0.15) is 0 Å². The van der Waals surface area contributed by atoms with Gasteiger partial charge in [-0.3, -0.25) is 15.3 Å². The summed E-state index contributed by atoms with van der Waals surface area (Å²) >= 11 is 0. The van der Waals surface area contributed by atoms with Crippen LogP contribution in [0.1, 0.15) is 38.7 Å². The van der Waals surface area contributed by atoms with Crippen molar-refractivity contribution in [3.8, 4) is 0 Å². The second-order valence-electron chi connectivity index (χ2n) is 7.54. The van der Waals surface area contributed by atoms with Crippen LogP contribution in [-0.4, -0.2) is 51.1 Å². The molecule has 30 heavy (non-hydrogen) atoms. The Morgan fingerprint density at radius 2 is 1.97 bits per heavy atom. The average molecular weight is 418 g/mol. The Bertz CT molecular complexity index is 975. The number of carbonyl (C=O) groups excluding carboxylic acids is 1. The molecule has 2 atom stereocenters. The van der Waals surface area contributed by atoms with E-state index in [4.69, 9.17) is 9.47 Å². The molecule has 1 saturated heterocycles. The Labute approximate surface area is 172 Å². The van der Waals surface area contributed by atoms with Gasteiger partial charge in [0.15, 0.2) is 0 Å². The maximum Gasteiger partial charge on any atom is 0.337 e. The lowest BCUT2D eigenvalue weighted by Gasteiger charge is -2.34. The summed E-state index contributed by atoms with van der Waals surface area (Å²) in [7, 11) is 0. The minimum Gasteiger partial charge on any atom is -0.478 e. The van der Waals surface area contributed by atoms with Gasteiger partial charge in [0.2, 0.25) is 0 Å². The number of carbonyl (C=O) groups is 2. The molecule has 10 nitrogen and oxygen atoms in total. The van der Waals surface area contributed by atoms with Gasteiger partial charge >= 0.3 is 11.9 Å². The van der Waals surface area contributed by atoms with Crippen molar-refractivity contribution in [3.05, 3.63) is 62.5 Å². The van der Waals surface area contributed by atoms with E-state index in [9.17, 15) is 30.0 Å². The van der Waals surface area contributed by atoms with Crippen molar-refractivity contribution in [1.29, 1.82) is 0 Å². The minimum absolute atomic E-state index is 0.00321. The zero-order valence-electron chi connectivity index (χ0n) is 16.7. The highest BCUT2D eigenvalue weighted by Crippen LogP contribution is 2.43. The molecule has 0 amide bonds. The first-order valence-corrected chi connectivity index (χ1v) is 9.25. The summed E-state index contributed by atoms with van der Waals surface area (Å²) in [5.41, 5.74) is -1.20. The van der Waals surface area contributed by atoms with Crippen molar-refractivity contribution < 1.29 is 34.3 Å². The van der Waals surface area contributed by atoms with Crippen LogP contribution in [0, 0.1) is 10.1 Å². The molecule has 2 aliphatic heterocycles. The smallest absolute Gasteiger partial charge is 0.337 e. The van der Waals surface area contributed by atoms with Crippen LogP contribution in [0.25, 0.3) is 0 Å². The van der Waals surface area contributed by atoms with Crippen molar-refractivity contribution >= 4 is 17.6 Å². The van der Waals surface area contributed by atoms with Crippen LogP contribution in [0.2, 0.25) is 0 Å². The fourth-order valence-electron chi connectivity index (χ4n) is 3.74. The second-order valence-corrected chi connectivity index (χ2v) is 7.54. The monoisotopic (exact) mass is 418 g/mol. The molecule has 1 fully saturated rings. The van der Waals surface area contributed by atoms with E-state index in [0.29, 0.717) is 18.1 Å². The van der Waals surface area contributed by atoms with E-state index < -0.39 is 28.4 Å². The first-order valence-electron chi connectivity index (χ1n) is 9.25. The highest BCUT2D eigenvalue weighted by Gasteiger charge is 2.43. The molecular weight excluding hydrogens is 396 g/mol. The normalized spacial score (nSPS) is 24.3. The predicted octanol–water partition coefficient (Wildman–Crippen LogP) is 2.74. The quantitative estimate of drug-likeness (QED) is 0.419. The summed E-state index contributed by atoms with van der Waals surface area (Å²) in [6.07, 6.45) is 0.468. The number of esters is 1.